The van der Waals surface area contributed by atoms with E-state index in [2.05, 4.69) is 20.9 Å². The van der Waals surface area contributed by atoms with Crippen LogP contribution < -0.4 is 0 Å². The minimum atomic E-state index is -0.631. The molecule has 0 saturated carbocycles. The first kappa shape index (κ1) is 9.52. The van der Waals surface area contributed by atoms with Crippen LogP contribution in [-0.4, -0.2) is 4.98 Å². The molecule has 1 heterocycles. The second-order valence-corrected chi connectivity index (χ2v) is 3.75. The van der Waals surface area contributed by atoms with Crippen LogP contribution >= 0.6 is 15.9 Å². The first-order chi connectivity index (χ1) is 6.72. The third-order valence-corrected chi connectivity index (χ3v) is 2.60. The summed E-state index contributed by atoms with van der Waals surface area (Å²) in [5.41, 5.74) is 0.319. The van der Waals surface area contributed by atoms with E-state index in [1.54, 1.807) is 18.2 Å². The molecule has 14 heavy (non-hydrogen) atoms. The van der Waals surface area contributed by atoms with Crippen molar-refractivity contribution in [3.63, 3.8) is 0 Å². The Labute approximate surface area is 87.9 Å². The van der Waals surface area contributed by atoms with E-state index in [-0.39, 0.29) is 5.82 Å². The van der Waals surface area contributed by atoms with Gasteiger partial charge in [0.25, 0.3) is 0 Å². The van der Waals surface area contributed by atoms with Crippen molar-refractivity contribution in [1.29, 1.82) is 0 Å². The molecule has 0 unspecified atom stereocenters. The van der Waals surface area contributed by atoms with E-state index in [4.69, 9.17) is 0 Å². The van der Waals surface area contributed by atoms with E-state index in [0.717, 1.165) is 0 Å². The summed E-state index contributed by atoms with van der Waals surface area (Å²) >= 11 is 3.08. The molecular formula is C10H6BrF2N. The molecule has 0 amide bonds. The van der Waals surface area contributed by atoms with Crippen molar-refractivity contribution in [2.45, 2.75) is 6.67 Å². The summed E-state index contributed by atoms with van der Waals surface area (Å²) < 4.78 is 26.1. The van der Waals surface area contributed by atoms with Crippen LogP contribution in [0.2, 0.25) is 0 Å². The third kappa shape index (κ3) is 1.50. The number of hydrogen-bond donors (Lipinski definition) is 0. The lowest BCUT2D eigenvalue weighted by Gasteiger charge is -2.02. The van der Waals surface area contributed by atoms with Gasteiger partial charge in [0.15, 0.2) is 0 Å². The Bertz CT molecular complexity index is 485. The van der Waals surface area contributed by atoms with E-state index < -0.39 is 6.67 Å². The number of rotatable bonds is 1. The van der Waals surface area contributed by atoms with Gasteiger partial charge in [-0.2, -0.15) is 0 Å². The lowest BCUT2D eigenvalue weighted by Crippen LogP contribution is -1.88. The van der Waals surface area contributed by atoms with Crippen LogP contribution in [0.25, 0.3) is 10.8 Å². The molecule has 0 N–H and O–H groups in total. The molecule has 0 spiro atoms. The Kier molecular flexibility index (Phi) is 2.46. The van der Waals surface area contributed by atoms with Crippen LogP contribution in [0.15, 0.2) is 28.9 Å². The van der Waals surface area contributed by atoms with Crippen molar-refractivity contribution in [2.75, 3.05) is 0 Å². The fraction of sp³-hybridized carbons (Fsp3) is 0.100. The molecule has 1 aromatic carbocycles. The summed E-state index contributed by atoms with van der Waals surface area (Å²) in [6.45, 7) is -0.631. The molecule has 0 bridgehead atoms. The fourth-order valence-corrected chi connectivity index (χ4v) is 1.62. The van der Waals surface area contributed by atoms with Gasteiger partial charge in [-0.1, -0.05) is 6.07 Å². The molecule has 4 heteroatoms. The maximum atomic E-state index is 13.5. The van der Waals surface area contributed by atoms with Gasteiger partial charge in [0.05, 0.1) is 10.2 Å². The Balaban J connectivity index is 2.74. The normalized spacial score (nSPS) is 10.8. The molecule has 0 atom stereocenters. The molecule has 72 valence electrons. The highest BCUT2D eigenvalue weighted by Crippen LogP contribution is 2.24. The van der Waals surface area contributed by atoms with Gasteiger partial charge >= 0.3 is 0 Å². The monoisotopic (exact) mass is 257 g/mol. The molecule has 0 saturated heterocycles. The van der Waals surface area contributed by atoms with E-state index >= 15 is 0 Å². The van der Waals surface area contributed by atoms with Crippen LogP contribution in [0, 0.1) is 5.82 Å². The summed E-state index contributed by atoms with van der Waals surface area (Å²) in [7, 11) is 0. The van der Waals surface area contributed by atoms with Gasteiger partial charge in [0.2, 0.25) is 0 Å². The van der Waals surface area contributed by atoms with Crippen LogP contribution in [0.4, 0.5) is 8.78 Å². The Hall–Kier alpha value is -1.03. The predicted molar refractivity (Wildman–Crippen MR) is 54.2 cm³/mol. The Morgan fingerprint density at radius 2 is 2.14 bits per heavy atom. The molecule has 0 aliphatic rings. The zero-order valence-electron chi connectivity index (χ0n) is 7.10. The van der Waals surface area contributed by atoms with Gasteiger partial charge in [-0.15, -0.1) is 0 Å². The van der Waals surface area contributed by atoms with Gasteiger partial charge in [0, 0.05) is 11.6 Å². The average molecular weight is 258 g/mol. The number of alkyl halides is 1. The fourth-order valence-electron chi connectivity index (χ4n) is 1.28. The van der Waals surface area contributed by atoms with Gasteiger partial charge in [-0.25, -0.2) is 8.78 Å². The Morgan fingerprint density at radius 3 is 2.86 bits per heavy atom. The first-order valence-corrected chi connectivity index (χ1v) is 4.80. The van der Waals surface area contributed by atoms with Crippen molar-refractivity contribution in [3.8, 4) is 0 Å². The number of hydrogen-bond acceptors (Lipinski definition) is 1. The number of nitrogens with zero attached hydrogens (tertiary/aromatic N) is 1. The van der Waals surface area contributed by atoms with Crippen LogP contribution in [0.3, 0.4) is 0 Å². The maximum Gasteiger partial charge on any atom is 0.146 e. The SMILES string of the molecule is FCc1cc2ccc(Br)c(F)c2cn1. The predicted octanol–water partition coefficient (Wildman–Crippen LogP) is 3.61. The van der Waals surface area contributed by atoms with E-state index in [0.29, 0.717) is 20.9 Å². The summed E-state index contributed by atoms with van der Waals surface area (Å²) in [4.78, 5) is 3.79. The van der Waals surface area contributed by atoms with Crippen LogP contribution in [0.1, 0.15) is 5.69 Å². The summed E-state index contributed by atoms with van der Waals surface area (Å²) in [6.07, 6.45) is 1.35. The molecule has 2 rings (SSSR count). The number of pyridine rings is 1. The van der Waals surface area contributed by atoms with E-state index in [1.165, 1.54) is 6.20 Å². The van der Waals surface area contributed by atoms with Gasteiger partial charge in [-0.3, -0.25) is 4.98 Å². The van der Waals surface area contributed by atoms with Gasteiger partial charge in [-0.05, 0) is 33.4 Å². The number of fused-ring (bicyclic) bond motifs is 1. The molecule has 2 aromatic rings. The van der Waals surface area contributed by atoms with E-state index in [9.17, 15) is 8.78 Å². The van der Waals surface area contributed by atoms with Gasteiger partial charge < -0.3 is 0 Å². The highest BCUT2D eigenvalue weighted by Gasteiger charge is 2.06. The largest absolute Gasteiger partial charge is 0.258 e. The molecular weight excluding hydrogens is 252 g/mol. The average Bonchev–Trinajstić information content (AvgIpc) is 2.23. The molecule has 0 aliphatic heterocycles. The third-order valence-electron chi connectivity index (χ3n) is 1.98. The van der Waals surface area contributed by atoms with Crippen molar-refractivity contribution >= 4 is 26.7 Å². The molecule has 1 nitrogen and oxygen atoms in total. The van der Waals surface area contributed by atoms with Crippen LogP contribution in [-0.2, 0) is 6.67 Å². The number of aromatic nitrogens is 1. The second kappa shape index (κ2) is 3.61. The summed E-state index contributed by atoms with van der Waals surface area (Å²) in [5, 5.41) is 1.06. The summed E-state index contributed by atoms with van der Waals surface area (Å²) in [6, 6.07) is 4.87. The second-order valence-electron chi connectivity index (χ2n) is 2.89. The number of halogens is 3. The first-order valence-electron chi connectivity index (χ1n) is 4.01. The Morgan fingerprint density at radius 1 is 1.36 bits per heavy atom. The zero-order chi connectivity index (χ0) is 10.1. The summed E-state index contributed by atoms with van der Waals surface area (Å²) in [5.74, 6) is -0.361. The molecule has 0 radical (unpaired) electrons. The van der Waals surface area contributed by atoms with Crippen LogP contribution in [0.5, 0.6) is 0 Å². The maximum absolute atomic E-state index is 13.5. The molecule has 0 aliphatic carbocycles. The van der Waals surface area contributed by atoms with Gasteiger partial charge in [0.1, 0.15) is 12.5 Å². The molecule has 0 fully saturated rings. The van der Waals surface area contributed by atoms with Crippen molar-refractivity contribution in [2.24, 2.45) is 0 Å². The van der Waals surface area contributed by atoms with Crippen molar-refractivity contribution in [1.82, 2.24) is 4.98 Å². The lowest BCUT2D eigenvalue weighted by atomic mass is 10.1. The lowest BCUT2D eigenvalue weighted by molar-refractivity contribution is 0.476. The highest BCUT2D eigenvalue weighted by atomic mass is 79.9. The zero-order valence-corrected chi connectivity index (χ0v) is 8.68. The van der Waals surface area contributed by atoms with Crippen molar-refractivity contribution < 1.29 is 8.78 Å². The van der Waals surface area contributed by atoms with E-state index in [1.807, 2.05) is 0 Å². The smallest absolute Gasteiger partial charge is 0.146 e. The molecule has 1 aromatic heterocycles. The topological polar surface area (TPSA) is 12.9 Å². The van der Waals surface area contributed by atoms with Crippen molar-refractivity contribution in [3.05, 3.63) is 40.4 Å². The standard InChI is InChI=1S/C10H6BrF2N/c11-9-2-1-6-3-7(4-12)14-5-8(6)10(9)13/h1-3,5H,4H2. The highest BCUT2D eigenvalue weighted by molar-refractivity contribution is 9.10. The number of benzene rings is 1. The minimum absolute atomic E-state index is 0.319. The quantitative estimate of drug-likeness (QED) is 0.761. The minimum Gasteiger partial charge on any atom is -0.258 e.